The highest BCUT2D eigenvalue weighted by Gasteiger charge is 2.04. The van der Waals surface area contributed by atoms with Gasteiger partial charge in [0.05, 0.1) is 11.6 Å². The molecule has 3 heteroatoms. The molecule has 2 N–H and O–H groups in total. The molecule has 72 valence electrons. The second-order valence-electron chi connectivity index (χ2n) is 2.76. The summed E-state index contributed by atoms with van der Waals surface area (Å²) in [5.41, 5.74) is 6.52. The third-order valence-corrected chi connectivity index (χ3v) is 2.00. The Morgan fingerprint density at radius 1 is 1.57 bits per heavy atom. The standard InChI is InChI=1S/C11H10ClNO/c1-8(14)10-5-4-9(3-2-6-13)7-11(10)12/h4-5,7H,6,13H2,1H3. The molecule has 0 saturated heterocycles. The van der Waals surface area contributed by atoms with Crippen LogP contribution in [0.3, 0.4) is 0 Å². The zero-order valence-corrected chi connectivity index (χ0v) is 8.56. The van der Waals surface area contributed by atoms with E-state index in [9.17, 15) is 4.79 Å². The summed E-state index contributed by atoms with van der Waals surface area (Å²) < 4.78 is 0. The SMILES string of the molecule is CC(=O)c1ccc(C#CCN)cc1Cl. The zero-order valence-electron chi connectivity index (χ0n) is 7.80. The third kappa shape index (κ3) is 2.59. The first-order valence-electron chi connectivity index (χ1n) is 4.14. The molecule has 0 aliphatic heterocycles. The van der Waals surface area contributed by atoms with Gasteiger partial charge in [0.2, 0.25) is 0 Å². The molecular weight excluding hydrogens is 198 g/mol. The van der Waals surface area contributed by atoms with Crippen molar-refractivity contribution in [2.24, 2.45) is 5.73 Å². The Hall–Kier alpha value is -1.30. The van der Waals surface area contributed by atoms with Crippen LogP contribution in [0.5, 0.6) is 0 Å². The molecule has 1 rings (SSSR count). The number of benzene rings is 1. The molecule has 0 aliphatic rings. The first-order chi connectivity index (χ1) is 6.65. The number of halogens is 1. The fourth-order valence-corrected chi connectivity index (χ4v) is 1.35. The molecule has 0 fully saturated rings. The fourth-order valence-electron chi connectivity index (χ4n) is 1.03. The van der Waals surface area contributed by atoms with Crippen LogP contribution in [-0.2, 0) is 0 Å². The number of nitrogens with two attached hydrogens (primary N) is 1. The Kier molecular flexibility index (Phi) is 3.70. The maximum Gasteiger partial charge on any atom is 0.161 e. The topological polar surface area (TPSA) is 43.1 Å². The fraction of sp³-hybridized carbons (Fsp3) is 0.182. The number of ketones is 1. The lowest BCUT2D eigenvalue weighted by Crippen LogP contribution is -1.95. The lowest BCUT2D eigenvalue weighted by Gasteiger charge is -1.99. The monoisotopic (exact) mass is 207 g/mol. The number of carbonyl (C=O) groups is 1. The Morgan fingerprint density at radius 2 is 2.29 bits per heavy atom. The van der Waals surface area contributed by atoms with Crippen molar-refractivity contribution < 1.29 is 4.79 Å². The molecular formula is C11H10ClNO. The van der Waals surface area contributed by atoms with E-state index in [1.165, 1.54) is 6.92 Å². The van der Waals surface area contributed by atoms with Gasteiger partial charge in [-0.25, -0.2) is 0 Å². The normalized spacial score (nSPS) is 9.07. The van der Waals surface area contributed by atoms with E-state index >= 15 is 0 Å². The van der Waals surface area contributed by atoms with Gasteiger partial charge in [-0.1, -0.05) is 23.4 Å². The molecule has 0 unspecified atom stereocenters. The Bertz CT molecular complexity index is 415. The molecule has 0 saturated carbocycles. The molecule has 2 nitrogen and oxygen atoms in total. The van der Waals surface area contributed by atoms with Crippen LogP contribution in [0, 0.1) is 11.8 Å². The van der Waals surface area contributed by atoms with Crippen molar-refractivity contribution in [3.63, 3.8) is 0 Å². The van der Waals surface area contributed by atoms with Gasteiger partial charge in [-0.3, -0.25) is 4.79 Å². The third-order valence-electron chi connectivity index (χ3n) is 1.68. The van der Waals surface area contributed by atoms with Gasteiger partial charge in [0, 0.05) is 11.1 Å². The zero-order chi connectivity index (χ0) is 10.6. The van der Waals surface area contributed by atoms with Crippen molar-refractivity contribution in [1.82, 2.24) is 0 Å². The van der Waals surface area contributed by atoms with Crippen LogP contribution in [0.1, 0.15) is 22.8 Å². The Labute approximate surface area is 88.1 Å². The summed E-state index contributed by atoms with van der Waals surface area (Å²) in [5, 5.41) is 0.432. The van der Waals surface area contributed by atoms with Gasteiger partial charge in [-0.2, -0.15) is 0 Å². The molecule has 0 aliphatic carbocycles. The van der Waals surface area contributed by atoms with Gasteiger partial charge >= 0.3 is 0 Å². The van der Waals surface area contributed by atoms with Gasteiger partial charge in [0.1, 0.15) is 0 Å². The lowest BCUT2D eigenvalue weighted by molar-refractivity contribution is 0.101. The molecule has 1 aromatic carbocycles. The number of carbonyl (C=O) groups excluding carboxylic acids is 1. The molecule has 1 aromatic rings. The van der Waals surface area contributed by atoms with Crippen molar-refractivity contribution in [3.05, 3.63) is 34.3 Å². The number of rotatable bonds is 1. The summed E-state index contributed by atoms with van der Waals surface area (Å²) in [4.78, 5) is 11.1. The van der Waals surface area contributed by atoms with E-state index < -0.39 is 0 Å². The molecule has 0 radical (unpaired) electrons. The average molecular weight is 208 g/mol. The van der Waals surface area contributed by atoms with E-state index in [1.54, 1.807) is 18.2 Å². The van der Waals surface area contributed by atoms with Crippen LogP contribution in [0.25, 0.3) is 0 Å². The number of hydrogen-bond acceptors (Lipinski definition) is 2. The van der Waals surface area contributed by atoms with E-state index in [-0.39, 0.29) is 5.78 Å². The summed E-state index contributed by atoms with van der Waals surface area (Å²) in [5.74, 6) is 5.51. The van der Waals surface area contributed by atoms with Gasteiger partial charge in [-0.15, -0.1) is 0 Å². The highest BCUT2D eigenvalue weighted by molar-refractivity contribution is 6.33. The number of hydrogen-bond donors (Lipinski definition) is 1. The van der Waals surface area contributed by atoms with Crippen molar-refractivity contribution in [1.29, 1.82) is 0 Å². The highest BCUT2D eigenvalue weighted by atomic mass is 35.5. The minimum atomic E-state index is -0.0478. The summed E-state index contributed by atoms with van der Waals surface area (Å²) in [6.45, 7) is 1.79. The van der Waals surface area contributed by atoms with E-state index in [0.717, 1.165) is 5.56 Å². The van der Waals surface area contributed by atoms with E-state index in [0.29, 0.717) is 17.1 Å². The lowest BCUT2D eigenvalue weighted by atomic mass is 10.1. The maximum atomic E-state index is 11.1. The van der Waals surface area contributed by atoms with Crippen LogP contribution in [0.2, 0.25) is 5.02 Å². The first-order valence-corrected chi connectivity index (χ1v) is 4.52. The van der Waals surface area contributed by atoms with E-state index in [2.05, 4.69) is 11.8 Å². The largest absolute Gasteiger partial charge is 0.320 e. The molecule has 14 heavy (non-hydrogen) atoms. The molecule has 0 amide bonds. The highest BCUT2D eigenvalue weighted by Crippen LogP contribution is 2.17. The van der Waals surface area contributed by atoms with Gasteiger partial charge in [0.25, 0.3) is 0 Å². The Morgan fingerprint density at radius 3 is 2.79 bits per heavy atom. The van der Waals surface area contributed by atoms with Gasteiger partial charge in [0.15, 0.2) is 5.78 Å². The van der Waals surface area contributed by atoms with Crippen LogP contribution >= 0.6 is 11.6 Å². The number of Topliss-reactive ketones (excluding diaryl/α,β-unsaturated/α-hetero) is 1. The predicted octanol–water partition coefficient (Wildman–Crippen LogP) is 1.85. The minimum Gasteiger partial charge on any atom is -0.320 e. The minimum absolute atomic E-state index is 0.0478. The predicted molar refractivity (Wildman–Crippen MR) is 57.4 cm³/mol. The van der Waals surface area contributed by atoms with Crippen LogP contribution in [0.4, 0.5) is 0 Å². The summed E-state index contributed by atoms with van der Waals surface area (Å²) in [6.07, 6.45) is 0. The smallest absolute Gasteiger partial charge is 0.161 e. The second kappa shape index (κ2) is 4.80. The summed E-state index contributed by atoms with van der Waals surface area (Å²) >= 11 is 5.88. The molecule has 0 heterocycles. The average Bonchev–Trinajstić information content (AvgIpc) is 2.14. The molecule has 0 bridgehead atoms. The van der Waals surface area contributed by atoms with Crippen LogP contribution < -0.4 is 5.73 Å². The summed E-state index contributed by atoms with van der Waals surface area (Å²) in [6, 6.07) is 5.09. The quantitative estimate of drug-likeness (QED) is 0.564. The first kappa shape index (κ1) is 10.8. The summed E-state index contributed by atoms with van der Waals surface area (Å²) in [7, 11) is 0. The van der Waals surface area contributed by atoms with Gasteiger partial charge < -0.3 is 5.73 Å². The van der Waals surface area contributed by atoms with E-state index in [4.69, 9.17) is 17.3 Å². The second-order valence-corrected chi connectivity index (χ2v) is 3.16. The Balaban J connectivity index is 3.06. The maximum absolute atomic E-state index is 11.1. The van der Waals surface area contributed by atoms with Crippen molar-refractivity contribution in [3.8, 4) is 11.8 Å². The van der Waals surface area contributed by atoms with E-state index in [1.807, 2.05) is 0 Å². The molecule has 0 spiro atoms. The van der Waals surface area contributed by atoms with Crippen LogP contribution in [-0.4, -0.2) is 12.3 Å². The van der Waals surface area contributed by atoms with Gasteiger partial charge in [-0.05, 0) is 25.1 Å². The van der Waals surface area contributed by atoms with Crippen molar-refractivity contribution >= 4 is 17.4 Å². The molecule has 0 atom stereocenters. The van der Waals surface area contributed by atoms with Crippen molar-refractivity contribution in [2.45, 2.75) is 6.92 Å². The van der Waals surface area contributed by atoms with Crippen molar-refractivity contribution in [2.75, 3.05) is 6.54 Å². The van der Waals surface area contributed by atoms with Crippen LogP contribution in [0.15, 0.2) is 18.2 Å². The molecule has 0 aromatic heterocycles.